The molecular formula is C15H19F3N2O2. The van der Waals surface area contributed by atoms with Crippen molar-refractivity contribution in [2.24, 2.45) is 5.92 Å². The molecule has 22 heavy (non-hydrogen) atoms. The zero-order chi connectivity index (χ0) is 15.7. The molecule has 0 amide bonds. The minimum absolute atomic E-state index is 0.0453. The fraction of sp³-hybridized carbons (Fsp3) is 0.667. The lowest BCUT2D eigenvalue weighted by Gasteiger charge is -2.47. The Bertz CT molecular complexity index is 507. The van der Waals surface area contributed by atoms with Gasteiger partial charge in [-0.15, -0.1) is 0 Å². The number of nitrogens with one attached hydrogen (secondary N) is 1. The third-order valence-corrected chi connectivity index (χ3v) is 4.51. The van der Waals surface area contributed by atoms with Crippen molar-refractivity contribution in [1.82, 2.24) is 10.3 Å². The van der Waals surface area contributed by atoms with E-state index in [9.17, 15) is 13.2 Å². The molecule has 1 N–H and O–H groups in total. The molecule has 1 saturated carbocycles. The number of rotatable bonds is 4. The van der Waals surface area contributed by atoms with Crippen molar-refractivity contribution < 1.29 is 22.6 Å². The second-order valence-corrected chi connectivity index (χ2v) is 5.95. The summed E-state index contributed by atoms with van der Waals surface area (Å²) in [5, 5.41) is 3.50. The molecule has 0 spiro atoms. The highest BCUT2D eigenvalue weighted by molar-refractivity contribution is 5.20. The zero-order valence-electron chi connectivity index (χ0n) is 12.3. The minimum atomic E-state index is -4.37. The van der Waals surface area contributed by atoms with Gasteiger partial charge >= 0.3 is 6.18 Å². The van der Waals surface area contributed by atoms with Crippen molar-refractivity contribution in [2.45, 2.75) is 43.6 Å². The van der Waals surface area contributed by atoms with Gasteiger partial charge in [-0.1, -0.05) is 0 Å². The standard InChI is InChI=1S/C15H19F3N2O2/c1-21-8-12-9-2-4-11(20-12)13(6-9)22-14-5-3-10(7-19-14)15(16,17)18/h3,5,7,9,11-13,20H,2,4,6,8H2,1H3/t9-,11+,12-,13-/m1/s1. The number of methoxy groups -OCH3 is 1. The molecular weight excluding hydrogens is 297 g/mol. The first kappa shape index (κ1) is 15.6. The van der Waals surface area contributed by atoms with E-state index in [0.29, 0.717) is 18.6 Å². The molecule has 1 aromatic heterocycles. The van der Waals surface area contributed by atoms with Gasteiger partial charge in [0.05, 0.1) is 12.2 Å². The number of aromatic nitrogens is 1. The second kappa shape index (κ2) is 6.04. The van der Waals surface area contributed by atoms with Gasteiger partial charge in [0.1, 0.15) is 6.10 Å². The lowest BCUT2D eigenvalue weighted by molar-refractivity contribution is -0.137. The van der Waals surface area contributed by atoms with E-state index in [-0.39, 0.29) is 18.0 Å². The number of pyridine rings is 1. The van der Waals surface area contributed by atoms with Crippen molar-refractivity contribution in [1.29, 1.82) is 0 Å². The summed E-state index contributed by atoms with van der Waals surface area (Å²) in [5.41, 5.74) is -0.761. The molecule has 7 heteroatoms. The van der Waals surface area contributed by atoms with Crippen LogP contribution in [0.3, 0.4) is 0 Å². The van der Waals surface area contributed by atoms with Gasteiger partial charge in [-0.3, -0.25) is 0 Å². The Morgan fingerprint density at radius 1 is 1.32 bits per heavy atom. The predicted molar refractivity (Wildman–Crippen MR) is 73.6 cm³/mol. The van der Waals surface area contributed by atoms with Crippen molar-refractivity contribution >= 4 is 0 Å². The summed E-state index contributed by atoms with van der Waals surface area (Å²) in [6.45, 7) is 0.673. The minimum Gasteiger partial charge on any atom is -0.473 e. The third kappa shape index (κ3) is 3.20. The van der Waals surface area contributed by atoms with Gasteiger partial charge < -0.3 is 14.8 Å². The van der Waals surface area contributed by atoms with E-state index in [0.717, 1.165) is 31.5 Å². The molecule has 2 bridgehead atoms. The first-order valence-corrected chi connectivity index (χ1v) is 7.42. The van der Waals surface area contributed by atoms with E-state index in [4.69, 9.17) is 9.47 Å². The van der Waals surface area contributed by atoms with Crippen molar-refractivity contribution in [3.05, 3.63) is 23.9 Å². The van der Waals surface area contributed by atoms with E-state index >= 15 is 0 Å². The summed E-state index contributed by atoms with van der Waals surface area (Å²) >= 11 is 0. The summed E-state index contributed by atoms with van der Waals surface area (Å²) in [4.78, 5) is 3.78. The van der Waals surface area contributed by atoms with Gasteiger partial charge in [0, 0.05) is 31.5 Å². The first-order chi connectivity index (χ1) is 10.5. The molecule has 0 unspecified atom stereocenters. The molecule has 3 heterocycles. The van der Waals surface area contributed by atoms with Crippen molar-refractivity contribution in [2.75, 3.05) is 13.7 Å². The van der Waals surface area contributed by atoms with E-state index in [2.05, 4.69) is 10.3 Å². The van der Waals surface area contributed by atoms with E-state index in [1.54, 1.807) is 7.11 Å². The molecule has 3 aliphatic rings. The molecule has 1 aromatic rings. The molecule has 0 aromatic carbocycles. The highest BCUT2D eigenvalue weighted by Crippen LogP contribution is 2.36. The molecule has 4 atom stereocenters. The summed E-state index contributed by atoms with van der Waals surface area (Å²) in [7, 11) is 1.68. The number of piperidine rings is 2. The molecule has 0 radical (unpaired) electrons. The summed E-state index contributed by atoms with van der Waals surface area (Å²) in [5.74, 6) is 0.722. The van der Waals surface area contributed by atoms with Crippen molar-refractivity contribution in [3.63, 3.8) is 0 Å². The van der Waals surface area contributed by atoms with Crippen LogP contribution in [0.25, 0.3) is 0 Å². The number of hydrogen-bond donors (Lipinski definition) is 1. The van der Waals surface area contributed by atoms with Gasteiger partial charge in [-0.25, -0.2) is 4.98 Å². The normalized spacial score (nSPS) is 31.3. The summed E-state index contributed by atoms with van der Waals surface area (Å²) in [6.07, 6.45) is -0.575. The van der Waals surface area contributed by atoms with Crippen LogP contribution in [0, 0.1) is 5.92 Å². The smallest absolute Gasteiger partial charge is 0.417 e. The maximum absolute atomic E-state index is 12.5. The van der Waals surface area contributed by atoms with Crippen LogP contribution >= 0.6 is 0 Å². The predicted octanol–water partition coefficient (Wildman–Crippen LogP) is 2.63. The van der Waals surface area contributed by atoms with E-state index < -0.39 is 11.7 Å². The quantitative estimate of drug-likeness (QED) is 0.927. The summed E-state index contributed by atoms with van der Waals surface area (Å²) < 4.78 is 48.6. The molecule has 2 aliphatic heterocycles. The van der Waals surface area contributed by atoms with E-state index in [1.165, 1.54) is 6.07 Å². The number of fused-ring (bicyclic) bond motifs is 3. The average Bonchev–Trinajstić information content (AvgIpc) is 2.48. The number of nitrogens with zero attached hydrogens (tertiary/aromatic N) is 1. The number of ether oxygens (including phenoxy) is 2. The summed E-state index contributed by atoms with van der Waals surface area (Å²) in [6, 6.07) is 2.83. The van der Waals surface area contributed by atoms with Crippen molar-refractivity contribution in [3.8, 4) is 5.88 Å². The SMILES string of the molecule is COC[C@H]1N[C@H]2CC[C@@H]1C[C@H]2Oc1ccc(C(F)(F)F)cn1. The van der Waals surface area contributed by atoms with E-state index in [1.807, 2.05) is 0 Å². The van der Waals surface area contributed by atoms with Gasteiger partial charge in [0.25, 0.3) is 0 Å². The van der Waals surface area contributed by atoms with Crippen LogP contribution in [-0.2, 0) is 10.9 Å². The fourth-order valence-corrected chi connectivity index (χ4v) is 3.39. The Morgan fingerprint density at radius 2 is 2.14 bits per heavy atom. The van der Waals surface area contributed by atoms with Gasteiger partial charge in [-0.2, -0.15) is 13.2 Å². The van der Waals surface area contributed by atoms with Crippen LogP contribution in [0.5, 0.6) is 5.88 Å². The Morgan fingerprint density at radius 3 is 2.68 bits per heavy atom. The largest absolute Gasteiger partial charge is 0.473 e. The van der Waals surface area contributed by atoms with Crippen LogP contribution in [-0.4, -0.2) is 36.9 Å². The van der Waals surface area contributed by atoms with Crippen LogP contribution in [0.4, 0.5) is 13.2 Å². The molecule has 2 saturated heterocycles. The molecule has 122 valence electrons. The maximum atomic E-state index is 12.5. The Hall–Kier alpha value is -1.34. The number of hydrogen-bond acceptors (Lipinski definition) is 4. The molecule has 4 nitrogen and oxygen atoms in total. The molecule has 1 aliphatic carbocycles. The Balaban J connectivity index is 1.63. The lowest BCUT2D eigenvalue weighted by Crippen LogP contribution is -2.61. The van der Waals surface area contributed by atoms with Crippen LogP contribution in [0.1, 0.15) is 24.8 Å². The number of halogens is 3. The average molecular weight is 316 g/mol. The fourth-order valence-electron chi connectivity index (χ4n) is 3.39. The highest BCUT2D eigenvalue weighted by Gasteiger charge is 2.42. The maximum Gasteiger partial charge on any atom is 0.417 e. The topological polar surface area (TPSA) is 43.4 Å². The van der Waals surface area contributed by atoms with Gasteiger partial charge in [0.2, 0.25) is 5.88 Å². The first-order valence-electron chi connectivity index (χ1n) is 7.42. The number of alkyl halides is 3. The van der Waals surface area contributed by atoms with Crippen LogP contribution < -0.4 is 10.1 Å². The zero-order valence-corrected chi connectivity index (χ0v) is 12.3. The second-order valence-electron chi connectivity index (χ2n) is 5.95. The highest BCUT2D eigenvalue weighted by atomic mass is 19.4. The Labute approximate surface area is 127 Å². The van der Waals surface area contributed by atoms with Gasteiger partial charge in [0.15, 0.2) is 0 Å². The van der Waals surface area contributed by atoms with Crippen LogP contribution in [0.15, 0.2) is 18.3 Å². The van der Waals surface area contributed by atoms with Crippen LogP contribution in [0.2, 0.25) is 0 Å². The monoisotopic (exact) mass is 316 g/mol. The lowest BCUT2D eigenvalue weighted by atomic mass is 9.75. The molecule has 4 rings (SSSR count). The van der Waals surface area contributed by atoms with Gasteiger partial charge in [-0.05, 0) is 31.2 Å². The third-order valence-electron chi connectivity index (χ3n) is 4.51. The Kier molecular flexibility index (Phi) is 4.27. The molecule has 3 fully saturated rings.